The van der Waals surface area contributed by atoms with Crippen LogP contribution in [0.1, 0.15) is 15.9 Å². The molecule has 0 amide bonds. The van der Waals surface area contributed by atoms with Gasteiger partial charge in [0.2, 0.25) is 0 Å². The molecule has 0 atom stereocenters. The summed E-state index contributed by atoms with van der Waals surface area (Å²) >= 11 is 0. The van der Waals surface area contributed by atoms with Crippen molar-refractivity contribution in [1.29, 1.82) is 0 Å². The first-order valence-electron chi connectivity index (χ1n) is 8.15. The molecular weight excluding hydrogens is 372 g/mol. The molecular formula is C19H22O9. The molecule has 0 spiro atoms. The number of carbonyl (C=O) groups is 5. The molecule has 0 saturated heterocycles. The minimum absolute atomic E-state index is 0.0752. The Balaban J connectivity index is 3.66. The molecule has 0 bridgehead atoms. The van der Waals surface area contributed by atoms with Crippen LogP contribution in [0.4, 0.5) is 0 Å². The van der Waals surface area contributed by atoms with Crippen molar-refractivity contribution in [2.24, 2.45) is 17.8 Å². The summed E-state index contributed by atoms with van der Waals surface area (Å²) in [5.74, 6) is -10.9. The molecule has 0 aromatic heterocycles. The molecule has 0 heterocycles. The second-order valence-corrected chi connectivity index (χ2v) is 5.80. The number of ketones is 1. The largest absolute Gasteiger partial charge is 0.468 e. The Labute approximate surface area is 161 Å². The maximum absolute atomic E-state index is 13.2. The average molecular weight is 394 g/mol. The molecule has 9 heteroatoms. The molecule has 0 aliphatic heterocycles. The number of hydrogen-bond donors (Lipinski definition) is 0. The van der Waals surface area contributed by atoms with Crippen LogP contribution < -0.4 is 0 Å². The summed E-state index contributed by atoms with van der Waals surface area (Å²) in [7, 11) is 3.99. The highest BCUT2D eigenvalue weighted by Crippen LogP contribution is 2.30. The molecule has 1 aromatic rings. The number of Topliss-reactive ketones (excluding diaryl/α,β-unsaturated/α-hetero) is 1. The van der Waals surface area contributed by atoms with Gasteiger partial charge in [-0.3, -0.25) is 24.0 Å². The van der Waals surface area contributed by atoms with Gasteiger partial charge in [0.15, 0.2) is 17.6 Å². The predicted molar refractivity (Wildman–Crippen MR) is 94.0 cm³/mol. The fourth-order valence-corrected chi connectivity index (χ4v) is 2.69. The lowest BCUT2D eigenvalue weighted by molar-refractivity contribution is -0.167. The quantitative estimate of drug-likeness (QED) is 0.271. The zero-order chi connectivity index (χ0) is 21.4. The molecule has 0 aliphatic carbocycles. The Morgan fingerprint density at radius 2 is 0.964 bits per heavy atom. The number of methoxy groups -OCH3 is 4. The maximum Gasteiger partial charge on any atom is 0.320 e. The number of esters is 4. The van der Waals surface area contributed by atoms with Crippen LogP contribution in [0.3, 0.4) is 0 Å². The number of benzene rings is 1. The van der Waals surface area contributed by atoms with Crippen molar-refractivity contribution in [3.05, 3.63) is 35.4 Å². The van der Waals surface area contributed by atoms with Gasteiger partial charge in [-0.25, -0.2) is 0 Å². The van der Waals surface area contributed by atoms with Crippen LogP contribution in [0.15, 0.2) is 24.3 Å². The van der Waals surface area contributed by atoms with Crippen molar-refractivity contribution >= 4 is 29.7 Å². The van der Waals surface area contributed by atoms with Crippen LogP contribution in [0, 0.1) is 24.7 Å². The lowest BCUT2D eigenvalue weighted by atomic mass is 9.76. The van der Waals surface area contributed by atoms with Crippen LogP contribution in [-0.4, -0.2) is 58.1 Å². The second-order valence-electron chi connectivity index (χ2n) is 5.80. The summed E-state index contributed by atoms with van der Waals surface area (Å²) in [6, 6.07) is 6.14. The van der Waals surface area contributed by atoms with E-state index < -0.39 is 47.4 Å². The first-order valence-corrected chi connectivity index (χ1v) is 8.15. The molecule has 9 nitrogen and oxygen atoms in total. The summed E-state index contributed by atoms with van der Waals surface area (Å²) in [5, 5.41) is 0. The lowest BCUT2D eigenvalue weighted by Gasteiger charge is -2.26. The van der Waals surface area contributed by atoms with E-state index in [-0.39, 0.29) is 5.56 Å². The maximum atomic E-state index is 13.2. The molecule has 1 aromatic carbocycles. The normalized spacial score (nSPS) is 10.6. The zero-order valence-corrected chi connectivity index (χ0v) is 16.2. The molecule has 0 aliphatic rings. The Bertz CT molecular complexity index is 683. The minimum Gasteiger partial charge on any atom is -0.468 e. The Morgan fingerprint density at radius 3 is 1.25 bits per heavy atom. The third-order valence-corrected chi connectivity index (χ3v) is 4.18. The van der Waals surface area contributed by atoms with Crippen molar-refractivity contribution in [2.75, 3.05) is 28.4 Å². The fourth-order valence-electron chi connectivity index (χ4n) is 2.69. The van der Waals surface area contributed by atoms with Crippen molar-refractivity contribution in [3.63, 3.8) is 0 Å². The topological polar surface area (TPSA) is 122 Å². The summed E-state index contributed by atoms with van der Waals surface area (Å²) in [6.07, 6.45) is 0. The highest BCUT2D eigenvalue weighted by atomic mass is 16.6. The summed E-state index contributed by atoms with van der Waals surface area (Å²) < 4.78 is 18.4. The predicted octanol–water partition coefficient (Wildman–Crippen LogP) is 0.718. The first-order chi connectivity index (χ1) is 13.2. The van der Waals surface area contributed by atoms with Gasteiger partial charge in [0.05, 0.1) is 34.4 Å². The van der Waals surface area contributed by atoms with Gasteiger partial charge in [-0.2, -0.15) is 0 Å². The molecule has 28 heavy (non-hydrogen) atoms. The van der Waals surface area contributed by atoms with Gasteiger partial charge in [-0.1, -0.05) is 29.8 Å². The fraction of sp³-hybridized carbons (Fsp3) is 0.421. The molecule has 0 saturated carbocycles. The van der Waals surface area contributed by atoms with E-state index in [9.17, 15) is 24.0 Å². The minimum atomic E-state index is -1.88. The van der Waals surface area contributed by atoms with Crippen LogP contribution in [0.5, 0.6) is 0 Å². The molecule has 0 unspecified atom stereocenters. The van der Waals surface area contributed by atoms with Gasteiger partial charge in [-0.15, -0.1) is 0 Å². The summed E-state index contributed by atoms with van der Waals surface area (Å²) in [5.41, 5.74) is 0.925. The number of rotatable bonds is 8. The molecule has 0 radical (unpaired) electrons. The van der Waals surface area contributed by atoms with Crippen LogP contribution in [-0.2, 0) is 38.1 Å². The van der Waals surface area contributed by atoms with Gasteiger partial charge in [-0.05, 0) is 6.92 Å². The van der Waals surface area contributed by atoms with Crippen LogP contribution >= 0.6 is 0 Å². The molecule has 0 N–H and O–H groups in total. The standard InChI is InChI=1S/C19H22O9/c1-10-6-8-11(9-7-10)15(20)12(13(16(21)25-2)17(22)26-3)14(18(23)27-4)19(24)28-5/h6-9,12-14H,1-5H3. The number of carbonyl (C=O) groups excluding carboxylic acids is 5. The Morgan fingerprint density at radius 1 is 0.643 bits per heavy atom. The van der Waals surface area contributed by atoms with Gasteiger partial charge >= 0.3 is 23.9 Å². The van der Waals surface area contributed by atoms with Crippen LogP contribution in [0.25, 0.3) is 0 Å². The third-order valence-electron chi connectivity index (χ3n) is 4.18. The molecule has 152 valence electrons. The highest BCUT2D eigenvalue weighted by molar-refractivity contribution is 6.11. The van der Waals surface area contributed by atoms with Gasteiger partial charge in [0, 0.05) is 5.56 Å². The van der Waals surface area contributed by atoms with E-state index in [1.54, 1.807) is 19.1 Å². The van der Waals surface area contributed by atoms with Gasteiger partial charge in [0.1, 0.15) is 0 Å². The van der Waals surface area contributed by atoms with E-state index in [0.717, 1.165) is 34.0 Å². The molecule has 1 rings (SSSR count). The smallest absolute Gasteiger partial charge is 0.320 e. The van der Waals surface area contributed by atoms with Gasteiger partial charge in [0.25, 0.3) is 0 Å². The van der Waals surface area contributed by atoms with E-state index in [2.05, 4.69) is 18.9 Å². The van der Waals surface area contributed by atoms with Crippen molar-refractivity contribution in [1.82, 2.24) is 0 Å². The average Bonchev–Trinajstić information content (AvgIpc) is 2.71. The monoisotopic (exact) mass is 394 g/mol. The Kier molecular flexibility index (Phi) is 8.30. The van der Waals surface area contributed by atoms with E-state index in [4.69, 9.17) is 0 Å². The van der Waals surface area contributed by atoms with E-state index in [0.29, 0.717) is 0 Å². The molecule has 0 fully saturated rings. The van der Waals surface area contributed by atoms with E-state index in [1.165, 1.54) is 12.1 Å². The SMILES string of the molecule is COC(=O)C(C(=O)OC)C(C(=O)c1ccc(C)cc1)C(C(=O)OC)C(=O)OC. The lowest BCUT2D eigenvalue weighted by Crippen LogP contribution is -2.47. The zero-order valence-electron chi connectivity index (χ0n) is 16.2. The van der Waals surface area contributed by atoms with E-state index >= 15 is 0 Å². The third kappa shape index (κ3) is 4.93. The summed E-state index contributed by atoms with van der Waals surface area (Å²) in [4.78, 5) is 62.4. The van der Waals surface area contributed by atoms with Crippen molar-refractivity contribution in [2.45, 2.75) is 6.92 Å². The van der Waals surface area contributed by atoms with Crippen molar-refractivity contribution < 1.29 is 42.9 Å². The first kappa shape index (κ1) is 22.8. The van der Waals surface area contributed by atoms with Crippen molar-refractivity contribution in [3.8, 4) is 0 Å². The van der Waals surface area contributed by atoms with E-state index in [1.807, 2.05) is 0 Å². The summed E-state index contributed by atoms with van der Waals surface area (Å²) in [6.45, 7) is 1.79. The van der Waals surface area contributed by atoms with Crippen LogP contribution in [0.2, 0.25) is 0 Å². The van der Waals surface area contributed by atoms with Gasteiger partial charge < -0.3 is 18.9 Å². The number of hydrogen-bond acceptors (Lipinski definition) is 9. The number of ether oxygens (including phenoxy) is 4. The highest BCUT2D eigenvalue weighted by Gasteiger charge is 2.52. The Hall–Kier alpha value is -3.23. The second kappa shape index (κ2) is 10.2. The number of aryl methyl sites for hydroxylation is 1.